The monoisotopic (exact) mass is 708 g/mol. The zero-order chi connectivity index (χ0) is 35.9. The maximum absolute atomic E-state index is 14.2. The molecule has 0 aliphatic carbocycles. The molecule has 0 saturated carbocycles. The molecule has 0 radical (unpaired) electrons. The Morgan fingerprint density at radius 2 is 1.77 bits per heavy atom. The molecule has 0 bridgehead atoms. The van der Waals surface area contributed by atoms with Gasteiger partial charge in [0, 0.05) is 81.6 Å². The van der Waals surface area contributed by atoms with Crippen molar-refractivity contribution in [2.75, 3.05) is 38.2 Å². The number of fused-ring (bicyclic) bond motifs is 2. The number of amides is 4. The number of carbonyl (C=O) groups excluding carboxylic acids is 4. The van der Waals surface area contributed by atoms with Gasteiger partial charge in [-0.15, -0.1) is 0 Å². The highest BCUT2D eigenvalue weighted by Crippen LogP contribution is 2.38. The summed E-state index contributed by atoms with van der Waals surface area (Å²) in [5.74, 6) is 0.175. The average Bonchev–Trinajstić information content (AvgIpc) is 3.45. The van der Waals surface area contributed by atoms with Crippen molar-refractivity contribution in [1.82, 2.24) is 25.1 Å². The number of carbonyl (C=O) groups is 4. The van der Waals surface area contributed by atoms with Crippen LogP contribution in [0.15, 0.2) is 60.9 Å². The van der Waals surface area contributed by atoms with Crippen molar-refractivity contribution in [3.05, 3.63) is 77.9 Å². The first-order valence-corrected chi connectivity index (χ1v) is 17.5. The second kappa shape index (κ2) is 13.7. The molecule has 3 aromatic carbocycles. The zero-order valence-corrected chi connectivity index (χ0v) is 28.5. The second-order valence-corrected chi connectivity index (χ2v) is 13.6. The molecule has 4 aliphatic rings. The standard InChI is InChI=1S/C38H37FN6O7/c1-50-32-16-27-29(40-21-41-37(27)52-31-5-3-2-4-28(31)39)17-33(32)51-25-10-12-43(13-11-25)35(47)14-22-18-44(19-22)24-6-7-26-23(15-24)20-45(38(26)49)30-8-9-34(46)42-36(30)48/h2-7,15-17,21-22,25,30H,8-14,18-20H2,1H3,(H,42,46,48). The smallest absolute Gasteiger partial charge is 0.255 e. The SMILES string of the molecule is COc1cc2c(Oc3ccccc3F)ncnc2cc1OC1CCN(C(=O)CC2CN(c3ccc4c(c3)CN(C3CCC(=O)NC3=O)C4=O)C2)CC1. The second-order valence-electron chi connectivity index (χ2n) is 13.6. The van der Waals surface area contributed by atoms with Gasteiger partial charge in [0.1, 0.15) is 18.5 Å². The van der Waals surface area contributed by atoms with Crippen molar-refractivity contribution in [1.29, 1.82) is 0 Å². The molecule has 1 aromatic heterocycles. The highest BCUT2D eigenvalue weighted by Gasteiger charge is 2.40. The van der Waals surface area contributed by atoms with E-state index in [2.05, 4.69) is 20.2 Å². The number of para-hydroxylation sites is 1. The minimum atomic E-state index is -0.641. The van der Waals surface area contributed by atoms with E-state index in [-0.39, 0.29) is 47.8 Å². The van der Waals surface area contributed by atoms with E-state index in [4.69, 9.17) is 14.2 Å². The van der Waals surface area contributed by atoms with E-state index < -0.39 is 17.8 Å². The van der Waals surface area contributed by atoms with Crippen LogP contribution in [0.5, 0.6) is 23.1 Å². The Balaban J connectivity index is 0.827. The van der Waals surface area contributed by atoms with Gasteiger partial charge in [0.25, 0.3) is 5.91 Å². The van der Waals surface area contributed by atoms with Crippen molar-refractivity contribution >= 4 is 40.2 Å². The normalized spacial score (nSPS) is 19.4. The lowest BCUT2D eigenvalue weighted by atomic mass is 9.93. The molecule has 1 atom stereocenters. The molecule has 1 unspecified atom stereocenters. The Bertz CT molecular complexity index is 2080. The number of hydrogen-bond acceptors (Lipinski definition) is 10. The first-order chi connectivity index (χ1) is 25.2. The highest BCUT2D eigenvalue weighted by atomic mass is 19.1. The van der Waals surface area contributed by atoms with E-state index in [1.54, 1.807) is 36.3 Å². The molecular weight excluding hydrogens is 671 g/mol. The minimum absolute atomic E-state index is 0.0529. The van der Waals surface area contributed by atoms with Crippen molar-refractivity contribution in [2.24, 2.45) is 5.92 Å². The van der Waals surface area contributed by atoms with Gasteiger partial charge in [-0.2, -0.15) is 0 Å². The molecular formula is C38H37FN6O7. The van der Waals surface area contributed by atoms with Crippen molar-refractivity contribution in [3.63, 3.8) is 0 Å². The third kappa shape index (κ3) is 6.44. The predicted octanol–water partition coefficient (Wildman–Crippen LogP) is 4.23. The number of methoxy groups -OCH3 is 1. The van der Waals surface area contributed by atoms with Crippen molar-refractivity contribution < 1.29 is 37.8 Å². The zero-order valence-electron chi connectivity index (χ0n) is 28.5. The van der Waals surface area contributed by atoms with Crippen LogP contribution < -0.4 is 24.4 Å². The van der Waals surface area contributed by atoms with Crippen LogP contribution in [0.2, 0.25) is 0 Å². The van der Waals surface area contributed by atoms with Crippen LogP contribution in [-0.4, -0.2) is 88.8 Å². The van der Waals surface area contributed by atoms with E-state index >= 15 is 0 Å². The Kier molecular flexibility index (Phi) is 8.81. The van der Waals surface area contributed by atoms with Gasteiger partial charge in [0.05, 0.1) is 18.0 Å². The Morgan fingerprint density at radius 1 is 0.962 bits per heavy atom. The van der Waals surface area contributed by atoms with Crippen molar-refractivity contribution in [2.45, 2.75) is 50.8 Å². The number of ether oxygens (including phenoxy) is 3. The summed E-state index contributed by atoms with van der Waals surface area (Å²) in [6.07, 6.45) is 3.57. The molecule has 52 heavy (non-hydrogen) atoms. The summed E-state index contributed by atoms with van der Waals surface area (Å²) in [6, 6.07) is 14.7. The molecule has 1 N–H and O–H groups in total. The van der Waals surface area contributed by atoms with Gasteiger partial charge in [-0.1, -0.05) is 12.1 Å². The summed E-state index contributed by atoms with van der Waals surface area (Å²) >= 11 is 0. The Labute approximate surface area is 298 Å². The summed E-state index contributed by atoms with van der Waals surface area (Å²) in [4.78, 5) is 64.5. The van der Waals surface area contributed by atoms with E-state index in [1.165, 1.54) is 18.5 Å². The highest BCUT2D eigenvalue weighted by molar-refractivity contribution is 6.05. The van der Waals surface area contributed by atoms with Gasteiger partial charge in [0.2, 0.25) is 23.6 Å². The maximum Gasteiger partial charge on any atom is 0.255 e. The molecule has 3 saturated heterocycles. The van der Waals surface area contributed by atoms with Gasteiger partial charge >= 0.3 is 0 Å². The molecule has 268 valence electrons. The number of halogens is 1. The lowest BCUT2D eigenvalue weighted by molar-refractivity contribution is -0.137. The fraction of sp³-hybridized carbons (Fsp3) is 0.368. The Hall–Kier alpha value is -5.79. The quantitative estimate of drug-likeness (QED) is 0.251. The van der Waals surface area contributed by atoms with Gasteiger partial charge in [-0.05, 0) is 48.4 Å². The molecule has 4 amide bonds. The van der Waals surface area contributed by atoms with E-state index in [9.17, 15) is 23.6 Å². The first-order valence-electron chi connectivity index (χ1n) is 17.5. The molecule has 3 fully saturated rings. The lowest BCUT2D eigenvalue weighted by Crippen LogP contribution is -2.52. The van der Waals surface area contributed by atoms with E-state index in [0.717, 1.165) is 24.3 Å². The topological polar surface area (TPSA) is 143 Å². The summed E-state index contributed by atoms with van der Waals surface area (Å²) in [7, 11) is 1.54. The van der Waals surface area contributed by atoms with Crippen LogP contribution in [0.25, 0.3) is 10.9 Å². The molecule has 5 heterocycles. The van der Waals surface area contributed by atoms with Crippen LogP contribution >= 0.6 is 0 Å². The van der Waals surface area contributed by atoms with Gasteiger partial charge in [-0.3, -0.25) is 24.5 Å². The van der Waals surface area contributed by atoms with Crippen molar-refractivity contribution in [3.8, 4) is 23.1 Å². The van der Waals surface area contributed by atoms with Gasteiger partial charge in [-0.25, -0.2) is 14.4 Å². The molecule has 13 nitrogen and oxygen atoms in total. The number of aromatic nitrogens is 2. The molecule has 0 spiro atoms. The third-order valence-corrected chi connectivity index (χ3v) is 10.3. The van der Waals surface area contributed by atoms with E-state index in [1.807, 2.05) is 23.1 Å². The fourth-order valence-electron chi connectivity index (χ4n) is 7.45. The summed E-state index contributed by atoms with van der Waals surface area (Å²) < 4.78 is 32.0. The largest absolute Gasteiger partial charge is 0.493 e. The number of hydrogen-bond donors (Lipinski definition) is 1. The van der Waals surface area contributed by atoms with Gasteiger partial charge in [0.15, 0.2) is 23.1 Å². The Morgan fingerprint density at radius 3 is 2.54 bits per heavy atom. The maximum atomic E-state index is 14.2. The van der Waals surface area contributed by atoms with Crippen LogP contribution in [-0.2, 0) is 20.9 Å². The predicted molar refractivity (Wildman–Crippen MR) is 186 cm³/mol. The average molecular weight is 709 g/mol. The number of anilines is 1. The third-order valence-electron chi connectivity index (χ3n) is 10.3. The van der Waals surface area contributed by atoms with E-state index in [0.29, 0.717) is 73.3 Å². The molecule has 4 aromatic rings. The first kappa shape index (κ1) is 33.4. The number of piperidine rings is 2. The summed E-state index contributed by atoms with van der Waals surface area (Å²) in [6.45, 7) is 2.99. The number of benzene rings is 3. The molecule has 4 aliphatic heterocycles. The van der Waals surface area contributed by atoms with Crippen LogP contribution in [0, 0.1) is 11.7 Å². The number of rotatable bonds is 9. The van der Waals surface area contributed by atoms with Crippen LogP contribution in [0.3, 0.4) is 0 Å². The number of nitrogens with one attached hydrogen (secondary N) is 1. The number of likely N-dealkylation sites (tertiary alicyclic amines) is 1. The number of nitrogens with zero attached hydrogens (tertiary/aromatic N) is 5. The molecule has 8 rings (SSSR count). The van der Waals surface area contributed by atoms with Crippen LogP contribution in [0.4, 0.5) is 10.1 Å². The number of imide groups is 1. The summed E-state index contributed by atoms with van der Waals surface area (Å²) in [5.41, 5.74) is 3.00. The summed E-state index contributed by atoms with van der Waals surface area (Å²) in [5, 5.41) is 2.89. The van der Waals surface area contributed by atoms with Gasteiger partial charge < -0.3 is 28.9 Å². The minimum Gasteiger partial charge on any atom is -0.493 e. The fourth-order valence-corrected chi connectivity index (χ4v) is 7.45. The van der Waals surface area contributed by atoms with Crippen LogP contribution in [0.1, 0.15) is 48.0 Å². The lowest BCUT2D eigenvalue weighted by Gasteiger charge is -2.42. The molecule has 14 heteroatoms.